The number of furan rings is 1. The highest BCUT2D eigenvalue weighted by Crippen LogP contribution is 2.23. The first-order valence-corrected chi connectivity index (χ1v) is 7.52. The highest BCUT2D eigenvalue weighted by Gasteiger charge is 2.25. The molecule has 1 aliphatic carbocycles. The molecule has 1 heterocycles. The Hall–Kier alpha value is -1.82. The molecule has 0 aromatic carbocycles. The number of carbonyl (C=O) groups is 2. The van der Waals surface area contributed by atoms with E-state index in [4.69, 9.17) is 10.2 Å². The molecule has 1 aromatic rings. The molecule has 1 aromatic heterocycles. The van der Waals surface area contributed by atoms with Crippen molar-refractivity contribution in [3.05, 3.63) is 24.2 Å². The molecule has 0 saturated heterocycles. The van der Waals surface area contributed by atoms with Crippen molar-refractivity contribution in [1.82, 2.24) is 10.6 Å². The van der Waals surface area contributed by atoms with Crippen LogP contribution in [0.1, 0.15) is 42.7 Å². The van der Waals surface area contributed by atoms with E-state index < -0.39 is 0 Å². The average Bonchev–Trinajstić information content (AvgIpc) is 3.02. The van der Waals surface area contributed by atoms with Gasteiger partial charge in [-0.3, -0.25) is 9.59 Å². The van der Waals surface area contributed by atoms with E-state index in [-0.39, 0.29) is 30.0 Å². The second kappa shape index (κ2) is 7.83. The molecule has 116 valence electrons. The second-order valence-electron chi connectivity index (χ2n) is 5.44. The first-order valence-electron chi connectivity index (χ1n) is 7.52. The number of hydrogen-bond acceptors (Lipinski definition) is 4. The summed E-state index contributed by atoms with van der Waals surface area (Å²) in [5.74, 6) is 0.289. The van der Waals surface area contributed by atoms with Crippen LogP contribution in [0.25, 0.3) is 0 Å². The van der Waals surface area contributed by atoms with Crippen molar-refractivity contribution < 1.29 is 14.0 Å². The van der Waals surface area contributed by atoms with Gasteiger partial charge in [-0.1, -0.05) is 12.8 Å². The zero-order valence-electron chi connectivity index (χ0n) is 12.1. The van der Waals surface area contributed by atoms with Crippen LogP contribution < -0.4 is 16.4 Å². The predicted octanol–water partition coefficient (Wildman–Crippen LogP) is 1.03. The van der Waals surface area contributed by atoms with Crippen molar-refractivity contribution in [2.24, 2.45) is 11.7 Å². The first kappa shape index (κ1) is 15.6. The van der Waals surface area contributed by atoms with Crippen LogP contribution in [0.5, 0.6) is 0 Å². The maximum absolute atomic E-state index is 11.9. The lowest BCUT2D eigenvalue weighted by Gasteiger charge is -2.31. The van der Waals surface area contributed by atoms with Gasteiger partial charge in [-0.25, -0.2) is 0 Å². The molecule has 2 atom stereocenters. The molecule has 21 heavy (non-hydrogen) atoms. The smallest absolute Gasteiger partial charge is 0.286 e. The Balaban J connectivity index is 1.68. The van der Waals surface area contributed by atoms with Crippen molar-refractivity contribution in [1.29, 1.82) is 0 Å². The number of hydrogen-bond donors (Lipinski definition) is 3. The van der Waals surface area contributed by atoms with Crippen molar-refractivity contribution in [2.45, 2.75) is 38.1 Å². The zero-order valence-corrected chi connectivity index (χ0v) is 12.1. The number of carbonyl (C=O) groups excluding carboxylic acids is 2. The molecule has 0 bridgehead atoms. The standard InChI is InChI=1S/C15H23N3O3/c16-10-11-4-1-2-5-12(11)18-14(19)7-8-17-15(20)13-6-3-9-21-13/h3,6,9,11-12H,1-2,4-5,7-8,10,16H2,(H,17,20)(H,18,19). The first-order chi connectivity index (χ1) is 10.2. The van der Waals surface area contributed by atoms with E-state index in [2.05, 4.69) is 10.6 Å². The summed E-state index contributed by atoms with van der Waals surface area (Å²) < 4.78 is 4.98. The van der Waals surface area contributed by atoms with Crippen molar-refractivity contribution >= 4 is 11.8 Å². The number of amides is 2. The second-order valence-corrected chi connectivity index (χ2v) is 5.44. The van der Waals surface area contributed by atoms with Gasteiger partial charge in [-0.05, 0) is 37.4 Å². The van der Waals surface area contributed by atoms with Gasteiger partial charge in [0.15, 0.2) is 5.76 Å². The molecule has 1 saturated carbocycles. The predicted molar refractivity (Wildman–Crippen MR) is 78.6 cm³/mol. The van der Waals surface area contributed by atoms with Crippen LogP contribution in [-0.2, 0) is 4.79 Å². The van der Waals surface area contributed by atoms with Crippen molar-refractivity contribution in [3.63, 3.8) is 0 Å². The summed E-state index contributed by atoms with van der Waals surface area (Å²) in [5.41, 5.74) is 5.74. The molecule has 6 heteroatoms. The van der Waals surface area contributed by atoms with Crippen LogP contribution in [-0.4, -0.2) is 30.9 Å². The van der Waals surface area contributed by atoms with Gasteiger partial charge in [0.2, 0.25) is 5.91 Å². The van der Waals surface area contributed by atoms with Crippen LogP contribution in [0.4, 0.5) is 0 Å². The summed E-state index contributed by atoms with van der Waals surface area (Å²) in [6.45, 7) is 0.908. The summed E-state index contributed by atoms with van der Waals surface area (Å²) in [6, 6.07) is 3.41. The van der Waals surface area contributed by atoms with Crippen LogP contribution in [0.3, 0.4) is 0 Å². The summed E-state index contributed by atoms with van der Waals surface area (Å²) in [4.78, 5) is 23.5. The fourth-order valence-electron chi connectivity index (χ4n) is 2.74. The monoisotopic (exact) mass is 293 g/mol. The summed E-state index contributed by atoms with van der Waals surface area (Å²) in [6.07, 6.45) is 6.10. The Morgan fingerprint density at radius 1 is 1.33 bits per heavy atom. The van der Waals surface area contributed by atoms with Gasteiger partial charge in [0.05, 0.1) is 6.26 Å². The number of nitrogens with one attached hydrogen (secondary N) is 2. The molecule has 2 rings (SSSR count). The van der Waals surface area contributed by atoms with E-state index in [1.807, 2.05) is 0 Å². The molecule has 6 nitrogen and oxygen atoms in total. The molecule has 2 unspecified atom stereocenters. The zero-order chi connectivity index (χ0) is 15.1. The van der Waals surface area contributed by atoms with Gasteiger partial charge in [-0.15, -0.1) is 0 Å². The molecule has 4 N–H and O–H groups in total. The summed E-state index contributed by atoms with van der Waals surface area (Å²) in [7, 11) is 0. The van der Waals surface area contributed by atoms with Crippen LogP contribution in [0.2, 0.25) is 0 Å². The van der Waals surface area contributed by atoms with E-state index >= 15 is 0 Å². The van der Waals surface area contributed by atoms with Crippen LogP contribution in [0.15, 0.2) is 22.8 Å². The highest BCUT2D eigenvalue weighted by molar-refractivity contribution is 5.91. The quantitative estimate of drug-likeness (QED) is 0.729. The molecule has 0 spiro atoms. The third-order valence-electron chi connectivity index (χ3n) is 3.94. The topological polar surface area (TPSA) is 97.4 Å². The SMILES string of the molecule is NCC1CCCCC1NC(=O)CCNC(=O)c1ccco1. The molecule has 2 amide bonds. The van der Waals surface area contributed by atoms with Gasteiger partial charge < -0.3 is 20.8 Å². The van der Waals surface area contributed by atoms with E-state index in [1.54, 1.807) is 12.1 Å². The molecular weight excluding hydrogens is 270 g/mol. The minimum absolute atomic E-state index is 0.0416. The highest BCUT2D eigenvalue weighted by atomic mass is 16.3. The Bertz CT molecular complexity index is 459. The maximum Gasteiger partial charge on any atom is 0.286 e. The number of nitrogens with two attached hydrogens (primary N) is 1. The van der Waals surface area contributed by atoms with Crippen LogP contribution in [0, 0.1) is 5.92 Å². The van der Waals surface area contributed by atoms with Crippen molar-refractivity contribution in [3.8, 4) is 0 Å². The lowest BCUT2D eigenvalue weighted by atomic mass is 9.84. The minimum Gasteiger partial charge on any atom is -0.459 e. The molecule has 0 radical (unpaired) electrons. The van der Waals surface area contributed by atoms with Gasteiger partial charge in [0.1, 0.15) is 0 Å². The lowest BCUT2D eigenvalue weighted by molar-refractivity contribution is -0.122. The third-order valence-corrected chi connectivity index (χ3v) is 3.94. The fraction of sp³-hybridized carbons (Fsp3) is 0.600. The van der Waals surface area contributed by atoms with Gasteiger partial charge in [0.25, 0.3) is 5.91 Å². The van der Waals surface area contributed by atoms with E-state index in [9.17, 15) is 9.59 Å². The minimum atomic E-state index is -0.301. The van der Waals surface area contributed by atoms with Gasteiger partial charge in [0, 0.05) is 19.0 Å². The van der Waals surface area contributed by atoms with E-state index in [1.165, 1.54) is 12.7 Å². The van der Waals surface area contributed by atoms with Crippen LogP contribution >= 0.6 is 0 Å². The fourth-order valence-corrected chi connectivity index (χ4v) is 2.74. The normalized spacial score (nSPS) is 21.8. The van der Waals surface area contributed by atoms with Crippen molar-refractivity contribution in [2.75, 3.05) is 13.1 Å². The largest absolute Gasteiger partial charge is 0.459 e. The third kappa shape index (κ3) is 4.60. The maximum atomic E-state index is 11.9. The van der Waals surface area contributed by atoms with E-state index in [0.717, 1.165) is 19.3 Å². The average molecular weight is 293 g/mol. The Morgan fingerprint density at radius 2 is 2.14 bits per heavy atom. The van der Waals surface area contributed by atoms with Gasteiger partial charge in [-0.2, -0.15) is 0 Å². The Morgan fingerprint density at radius 3 is 2.86 bits per heavy atom. The molecule has 1 aliphatic rings. The molecule has 0 aliphatic heterocycles. The Kier molecular flexibility index (Phi) is 5.80. The van der Waals surface area contributed by atoms with E-state index in [0.29, 0.717) is 19.0 Å². The Labute approximate surface area is 124 Å². The van der Waals surface area contributed by atoms with Gasteiger partial charge >= 0.3 is 0 Å². The number of rotatable bonds is 6. The molecule has 1 fully saturated rings. The lowest BCUT2D eigenvalue weighted by Crippen LogP contribution is -2.45. The summed E-state index contributed by atoms with van der Waals surface area (Å²) >= 11 is 0. The summed E-state index contributed by atoms with van der Waals surface area (Å²) in [5, 5.41) is 5.69. The molecular formula is C15H23N3O3.